The maximum absolute atomic E-state index is 11.8. The zero-order chi connectivity index (χ0) is 10.6. The predicted molar refractivity (Wildman–Crippen MR) is 54.7 cm³/mol. The van der Waals surface area contributed by atoms with Gasteiger partial charge in [-0.3, -0.25) is 14.5 Å². The first kappa shape index (κ1) is 11.5. The molecule has 0 aromatic carbocycles. The van der Waals surface area contributed by atoms with Crippen LogP contribution in [0.25, 0.3) is 0 Å². The van der Waals surface area contributed by atoms with Crippen LogP contribution in [-0.4, -0.2) is 49.2 Å². The maximum Gasteiger partial charge on any atom is 0.263 e. The van der Waals surface area contributed by atoms with Gasteiger partial charge in [-0.2, -0.15) is 0 Å². The van der Waals surface area contributed by atoms with Crippen LogP contribution in [0.1, 0.15) is 26.2 Å². The van der Waals surface area contributed by atoms with Crippen molar-refractivity contribution in [2.45, 2.75) is 32.2 Å². The van der Waals surface area contributed by atoms with Gasteiger partial charge in [0.15, 0.2) is 0 Å². The van der Waals surface area contributed by atoms with E-state index in [0.29, 0.717) is 6.61 Å². The molecule has 1 aliphatic heterocycles. The summed E-state index contributed by atoms with van der Waals surface area (Å²) in [6, 6.07) is 0.0249. The van der Waals surface area contributed by atoms with Gasteiger partial charge < -0.3 is 0 Å². The Balaban J connectivity index is 2.39. The molecule has 1 rings (SSSR count). The predicted octanol–water partition coefficient (Wildman–Crippen LogP) is 0.881. The van der Waals surface area contributed by atoms with Crippen molar-refractivity contribution in [1.82, 2.24) is 9.96 Å². The van der Waals surface area contributed by atoms with Crippen LogP contribution in [-0.2, 0) is 9.63 Å². The second kappa shape index (κ2) is 5.32. The standard InChI is InChI=1S/C10H20N2O2/c1-4-8-14-12(3)10(13)9-6-5-7-11(9)2/h9H,4-8H2,1-3H3/t9-/m0/s1. The first-order valence-corrected chi connectivity index (χ1v) is 5.27. The quantitative estimate of drug-likeness (QED) is 0.632. The zero-order valence-electron chi connectivity index (χ0n) is 9.32. The average molecular weight is 200 g/mol. The lowest BCUT2D eigenvalue weighted by Crippen LogP contribution is -2.42. The van der Waals surface area contributed by atoms with E-state index >= 15 is 0 Å². The van der Waals surface area contributed by atoms with Crippen LogP contribution in [0.3, 0.4) is 0 Å². The minimum absolute atomic E-state index is 0.0249. The number of hydrogen-bond donors (Lipinski definition) is 0. The van der Waals surface area contributed by atoms with Crippen LogP contribution < -0.4 is 0 Å². The van der Waals surface area contributed by atoms with Crippen LogP contribution in [0.5, 0.6) is 0 Å². The van der Waals surface area contributed by atoms with Crippen LogP contribution in [0, 0.1) is 0 Å². The Morgan fingerprint density at radius 2 is 2.36 bits per heavy atom. The van der Waals surface area contributed by atoms with E-state index in [1.54, 1.807) is 7.05 Å². The second-order valence-electron chi connectivity index (χ2n) is 3.81. The van der Waals surface area contributed by atoms with Crippen molar-refractivity contribution < 1.29 is 9.63 Å². The molecule has 0 N–H and O–H groups in total. The lowest BCUT2D eigenvalue weighted by molar-refractivity contribution is -0.182. The second-order valence-corrected chi connectivity index (χ2v) is 3.81. The fraction of sp³-hybridized carbons (Fsp3) is 0.900. The van der Waals surface area contributed by atoms with Crippen molar-refractivity contribution in [2.24, 2.45) is 0 Å². The third-order valence-corrected chi connectivity index (χ3v) is 2.60. The molecule has 0 spiro atoms. The normalized spacial score (nSPS) is 22.6. The molecule has 0 aromatic rings. The van der Waals surface area contributed by atoms with E-state index in [4.69, 9.17) is 4.84 Å². The molecule has 1 fully saturated rings. The number of likely N-dealkylation sites (N-methyl/N-ethyl adjacent to an activating group) is 2. The number of hydroxylamine groups is 2. The molecular weight excluding hydrogens is 180 g/mol. The largest absolute Gasteiger partial charge is 0.295 e. The number of carbonyl (C=O) groups excluding carboxylic acids is 1. The molecule has 14 heavy (non-hydrogen) atoms. The Hall–Kier alpha value is -0.610. The molecule has 1 aliphatic rings. The number of rotatable bonds is 4. The highest BCUT2D eigenvalue weighted by Crippen LogP contribution is 2.16. The van der Waals surface area contributed by atoms with E-state index in [-0.39, 0.29) is 11.9 Å². The van der Waals surface area contributed by atoms with E-state index in [0.717, 1.165) is 25.8 Å². The van der Waals surface area contributed by atoms with Gasteiger partial charge >= 0.3 is 0 Å². The number of nitrogens with zero attached hydrogens (tertiary/aromatic N) is 2. The first-order chi connectivity index (χ1) is 6.66. The summed E-state index contributed by atoms with van der Waals surface area (Å²) in [7, 11) is 3.69. The monoisotopic (exact) mass is 200 g/mol. The molecule has 1 amide bonds. The van der Waals surface area contributed by atoms with Gasteiger partial charge in [0, 0.05) is 7.05 Å². The fourth-order valence-corrected chi connectivity index (χ4v) is 1.72. The lowest BCUT2D eigenvalue weighted by atomic mass is 10.2. The molecule has 0 aliphatic carbocycles. The van der Waals surface area contributed by atoms with E-state index in [1.165, 1.54) is 5.06 Å². The smallest absolute Gasteiger partial charge is 0.263 e. The number of amides is 1. The van der Waals surface area contributed by atoms with Crippen molar-refractivity contribution in [1.29, 1.82) is 0 Å². The van der Waals surface area contributed by atoms with E-state index in [1.807, 2.05) is 14.0 Å². The molecule has 82 valence electrons. The third-order valence-electron chi connectivity index (χ3n) is 2.60. The lowest BCUT2D eigenvalue weighted by Gasteiger charge is -2.24. The minimum atomic E-state index is 0.0249. The topological polar surface area (TPSA) is 32.8 Å². The summed E-state index contributed by atoms with van der Waals surface area (Å²) in [6.07, 6.45) is 2.99. The van der Waals surface area contributed by atoms with E-state index < -0.39 is 0 Å². The fourth-order valence-electron chi connectivity index (χ4n) is 1.72. The summed E-state index contributed by atoms with van der Waals surface area (Å²) in [5, 5.41) is 1.38. The Bertz CT molecular complexity index is 197. The Kier molecular flexibility index (Phi) is 4.35. The van der Waals surface area contributed by atoms with Crippen molar-refractivity contribution in [3.05, 3.63) is 0 Å². The first-order valence-electron chi connectivity index (χ1n) is 5.27. The summed E-state index contributed by atoms with van der Waals surface area (Å²) < 4.78 is 0. The third kappa shape index (κ3) is 2.69. The molecular formula is C10H20N2O2. The average Bonchev–Trinajstić information content (AvgIpc) is 2.59. The summed E-state index contributed by atoms with van der Waals surface area (Å²) in [5.74, 6) is 0.0819. The van der Waals surface area contributed by atoms with Crippen LogP contribution in [0.4, 0.5) is 0 Å². The van der Waals surface area contributed by atoms with Crippen LogP contribution >= 0.6 is 0 Å². The number of carbonyl (C=O) groups is 1. The molecule has 1 atom stereocenters. The summed E-state index contributed by atoms with van der Waals surface area (Å²) in [6.45, 7) is 3.65. The molecule has 4 nitrogen and oxygen atoms in total. The van der Waals surface area contributed by atoms with E-state index in [9.17, 15) is 4.79 Å². The van der Waals surface area contributed by atoms with Gasteiger partial charge in [-0.15, -0.1) is 0 Å². The molecule has 4 heteroatoms. The van der Waals surface area contributed by atoms with Gasteiger partial charge in [0.1, 0.15) is 0 Å². The minimum Gasteiger partial charge on any atom is -0.295 e. The molecule has 0 bridgehead atoms. The number of likely N-dealkylation sites (tertiary alicyclic amines) is 1. The Morgan fingerprint density at radius 1 is 1.64 bits per heavy atom. The molecule has 0 radical (unpaired) electrons. The highest BCUT2D eigenvalue weighted by Gasteiger charge is 2.30. The van der Waals surface area contributed by atoms with Crippen molar-refractivity contribution in [3.63, 3.8) is 0 Å². The summed E-state index contributed by atoms with van der Waals surface area (Å²) in [4.78, 5) is 19.2. The Labute approximate surface area is 85.8 Å². The van der Waals surface area contributed by atoms with Gasteiger partial charge in [0.05, 0.1) is 12.6 Å². The zero-order valence-corrected chi connectivity index (χ0v) is 9.32. The van der Waals surface area contributed by atoms with Gasteiger partial charge in [-0.25, -0.2) is 5.06 Å². The van der Waals surface area contributed by atoms with E-state index in [2.05, 4.69) is 4.90 Å². The Morgan fingerprint density at radius 3 is 2.86 bits per heavy atom. The number of hydrogen-bond acceptors (Lipinski definition) is 3. The molecule has 0 unspecified atom stereocenters. The highest BCUT2D eigenvalue weighted by atomic mass is 16.7. The van der Waals surface area contributed by atoms with Crippen LogP contribution in [0.2, 0.25) is 0 Å². The summed E-state index contributed by atoms with van der Waals surface area (Å²) in [5.41, 5.74) is 0. The van der Waals surface area contributed by atoms with Gasteiger partial charge in [0.2, 0.25) is 0 Å². The molecule has 1 saturated heterocycles. The molecule has 0 aromatic heterocycles. The van der Waals surface area contributed by atoms with Crippen LogP contribution in [0.15, 0.2) is 0 Å². The van der Waals surface area contributed by atoms with Crippen molar-refractivity contribution in [2.75, 3.05) is 27.2 Å². The molecule has 0 saturated carbocycles. The SMILES string of the molecule is CCCON(C)C(=O)[C@@H]1CCCN1C. The van der Waals surface area contributed by atoms with Gasteiger partial charge in [-0.05, 0) is 32.9 Å². The van der Waals surface area contributed by atoms with Crippen molar-refractivity contribution >= 4 is 5.91 Å². The van der Waals surface area contributed by atoms with Gasteiger partial charge in [-0.1, -0.05) is 6.92 Å². The molecule has 1 heterocycles. The summed E-state index contributed by atoms with van der Waals surface area (Å²) >= 11 is 0. The van der Waals surface area contributed by atoms with Gasteiger partial charge in [0.25, 0.3) is 5.91 Å². The highest BCUT2D eigenvalue weighted by molar-refractivity contribution is 5.80. The van der Waals surface area contributed by atoms with Crippen molar-refractivity contribution in [3.8, 4) is 0 Å². The maximum atomic E-state index is 11.8.